The van der Waals surface area contributed by atoms with Gasteiger partial charge in [-0.05, 0) is 36.7 Å². The Morgan fingerprint density at radius 1 is 1.43 bits per heavy atom. The molecule has 0 radical (unpaired) electrons. The summed E-state index contributed by atoms with van der Waals surface area (Å²) >= 11 is 3.72. The molecule has 0 fully saturated rings. The Morgan fingerprint density at radius 2 is 2.10 bits per heavy atom. The van der Waals surface area contributed by atoms with E-state index in [9.17, 15) is 18.0 Å². The highest BCUT2D eigenvalue weighted by molar-refractivity contribution is 9.10. The maximum atomic E-state index is 12.8. The van der Waals surface area contributed by atoms with E-state index in [-0.39, 0.29) is 20.7 Å². The number of carboxylic acid groups (broad SMARTS) is 1. The van der Waals surface area contributed by atoms with Gasteiger partial charge in [0.1, 0.15) is 10.6 Å². The van der Waals surface area contributed by atoms with Gasteiger partial charge in [-0.2, -0.15) is 17.5 Å². The Labute approximate surface area is 129 Å². The number of benzene rings is 1. The van der Waals surface area contributed by atoms with Crippen molar-refractivity contribution in [2.24, 2.45) is 0 Å². The Morgan fingerprint density at radius 3 is 2.67 bits per heavy atom. The normalized spacial score (nSPS) is 11.5. The number of nitrogens with one attached hydrogen (secondary N) is 1. The standard InChI is InChI=1S/C12H8BrF3N2O2S/c1-5-9(11(19)20)10(21-18-5)17-6-2-3-8(13)7(4-6)12(14,15)16/h2-4,17H,1H3,(H,19,20). The molecule has 0 bridgehead atoms. The van der Waals surface area contributed by atoms with Crippen LogP contribution in [0.4, 0.5) is 23.9 Å². The molecule has 1 aromatic heterocycles. The molecule has 0 saturated heterocycles. The van der Waals surface area contributed by atoms with Crippen LogP contribution >= 0.6 is 27.5 Å². The molecule has 2 aromatic rings. The lowest BCUT2D eigenvalue weighted by Gasteiger charge is -2.12. The van der Waals surface area contributed by atoms with Gasteiger partial charge in [-0.1, -0.05) is 15.9 Å². The second-order valence-corrected chi connectivity index (χ2v) is 5.72. The largest absolute Gasteiger partial charge is 0.478 e. The Bertz CT molecular complexity index is 700. The molecule has 2 N–H and O–H groups in total. The Hall–Kier alpha value is -1.61. The van der Waals surface area contributed by atoms with Crippen LogP contribution in [0.3, 0.4) is 0 Å². The molecule has 1 aromatic carbocycles. The lowest BCUT2D eigenvalue weighted by Crippen LogP contribution is -2.07. The van der Waals surface area contributed by atoms with Crippen molar-refractivity contribution >= 4 is 44.1 Å². The van der Waals surface area contributed by atoms with Gasteiger partial charge in [0.05, 0.1) is 11.3 Å². The van der Waals surface area contributed by atoms with Crippen molar-refractivity contribution < 1.29 is 23.1 Å². The topological polar surface area (TPSA) is 62.2 Å². The molecule has 0 amide bonds. The molecule has 0 aliphatic carbocycles. The second kappa shape index (κ2) is 5.64. The summed E-state index contributed by atoms with van der Waals surface area (Å²) in [6.45, 7) is 1.52. The minimum atomic E-state index is -4.50. The van der Waals surface area contributed by atoms with Gasteiger partial charge in [-0.25, -0.2) is 4.79 Å². The van der Waals surface area contributed by atoms with Crippen molar-refractivity contribution in [3.8, 4) is 0 Å². The molecular formula is C12H8BrF3N2O2S. The number of rotatable bonds is 3. The number of aromatic nitrogens is 1. The predicted octanol–water partition coefficient (Wildman–Crippen LogP) is 4.67. The van der Waals surface area contributed by atoms with Crippen molar-refractivity contribution in [2.45, 2.75) is 13.1 Å². The van der Waals surface area contributed by atoms with Crippen molar-refractivity contribution in [3.05, 3.63) is 39.5 Å². The first-order valence-electron chi connectivity index (χ1n) is 5.53. The number of aryl methyl sites for hydroxylation is 1. The first kappa shape index (κ1) is 15.8. The van der Waals surface area contributed by atoms with Crippen LogP contribution < -0.4 is 5.32 Å². The first-order chi connectivity index (χ1) is 9.70. The summed E-state index contributed by atoms with van der Waals surface area (Å²) in [5.74, 6) is -1.18. The number of hydrogen-bond acceptors (Lipinski definition) is 4. The smallest absolute Gasteiger partial charge is 0.417 e. The highest BCUT2D eigenvalue weighted by Gasteiger charge is 2.33. The average Bonchev–Trinajstić information content (AvgIpc) is 2.71. The number of nitrogens with zero attached hydrogens (tertiary/aromatic N) is 1. The quantitative estimate of drug-likeness (QED) is 0.811. The summed E-state index contributed by atoms with van der Waals surface area (Å²) in [6.07, 6.45) is -4.50. The van der Waals surface area contributed by atoms with Crippen molar-refractivity contribution in [3.63, 3.8) is 0 Å². The number of hydrogen-bond donors (Lipinski definition) is 2. The maximum absolute atomic E-state index is 12.8. The molecule has 2 rings (SSSR count). The third-order valence-electron chi connectivity index (χ3n) is 2.61. The number of carboxylic acids is 1. The van der Waals surface area contributed by atoms with Crippen LogP contribution in [0.5, 0.6) is 0 Å². The van der Waals surface area contributed by atoms with Crippen LogP contribution in [0.15, 0.2) is 22.7 Å². The summed E-state index contributed by atoms with van der Waals surface area (Å²) in [7, 11) is 0. The van der Waals surface area contributed by atoms with E-state index in [4.69, 9.17) is 5.11 Å². The Kier molecular flexibility index (Phi) is 4.24. The SMILES string of the molecule is Cc1nsc(Nc2ccc(Br)c(C(F)(F)F)c2)c1C(=O)O. The molecule has 0 spiro atoms. The fourth-order valence-electron chi connectivity index (χ4n) is 1.66. The lowest BCUT2D eigenvalue weighted by atomic mass is 10.2. The summed E-state index contributed by atoms with van der Waals surface area (Å²) in [5, 5.41) is 11.9. The van der Waals surface area contributed by atoms with Gasteiger partial charge in [0.2, 0.25) is 0 Å². The highest BCUT2D eigenvalue weighted by Crippen LogP contribution is 2.37. The molecule has 112 valence electrons. The average molecular weight is 381 g/mol. The van der Waals surface area contributed by atoms with Crippen LogP contribution in [-0.2, 0) is 6.18 Å². The molecule has 1 heterocycles. The molecule has 0 saturated carbocycles. The monoisotopic (exact) mass is 380 g/mol. The zero-order valence-electron chi connectivity index (χ0n) is 10.5. The van der Waals surface area contributed by atoms with Crippen LogP contribution in [0.25, 0.3) is 0 Å². The number of halogens is 4. The zero-order valence-corrected chi connectivity index (χ0v) is 12.9. The predicted molar refractivity (Wildman–Crippen MR) is 76.2 cm³/mol. The molecule has 9 heteroatoms. The molecule has 0 unspecified atom stereocenters. The third-order valence-corrected chi connectivity index (χ3v) is 4.15. The van der Waals surface area contributed by atoms with Crippen molar-refractivity contribution in [2.75, 3.05) is 5.32 Å². The highest BCUT2D eigenvalue weighted by atomic mass is 79.9. The van der Waals surface area contributed by atoms with Gasteiger partial charge in [-0.3, -0.25) is 0 Å². The van der Waals surface area contributed by atoms with Crippen LogP contribution in [0.1, 0.15) is 21.6 Å². The van der Waals surface area contributed by atoms with E-state index in [0.29, 0.717) is 5.69 Å². The van der Waals surface area contributed by atoms with Crippen LogP contribution in [0, 0.1) is 6.92 Å². The van der Waals surface area contributed by atoms with E-state index in [0.717, 1.165) is 17.6 Å². The first-order valence-corrected chi connectivity index (χ1v) is 7.10. The summed E-state index contributed by atoms with van der Waals surface area (Å²) in [6, 6.07) is 3.57. The summed E-state index contributed by atoms with van der Waals surface area (Å²) in [4.78, 5) is 11.1. The van der Waals surface area contributed by atoms with E-state index in [1.165, 1.54) is 19.1 Å². The zero-order chi connectivity index (χ0) is 15.8. The summed E-state index contributed by atoms with van der Waals surface area (Å²) in [5.41, 5.74) is -0.443. The number of anilines is 2. The van der Waals surface area contributed by atoms with Gasteiger partial charge in [0.25, 0.3) is 0 Å². The van der Waals surface area contributed by atoms with Gasteiger partial charge in [0.15, 0.2) is 0 Å². The molecule has 0 aliphatic rings. The molecule has 21 heavy (non-hydrogen) atoms. The fourth-order valence-corrected chi connectivity index (χ4v) is 2.94. The van der Waals surface area contributed by atoms with E-state index in [1.54, 1.807) is 0 Å². The molecule has 0 atom stereocenters. The summed E-state index contributed by atoms with van der Waals surface area (Å²) < 4.78 is 42.3. The van der Waals surface area contributed by atoms with Gasteiger partial charge < -0.3 is 10.4 Å². The van der Waals surface area contributed by atoms with Gasteiger partial charge in [0, 0.05) is 10.2 Å². The second-order valence-electron chi connectivity index (χ2n) is 4.09. The maximum Gasteiger partial charge on any atom is 0.417 e. The van der Waals surface area contributed by atoms with E-state index in [2.05, 4.69) is 25.6 Å². The lowest BCUT2D eigenvalue weighted by molar-refractivity contribution is -0.138. The van der Waals surface area contributed by atoms with Crippen molar-refractivity contribution in [1.29, 1.82) is 0 Å². The minimum Gasteiger partial charge on any atom is -0.478 e. The Balaban J connectivity index is 2.40. The fraction of sp³-hybridized carbons (Fsp3) is 0.167. The van der Waals surface area contributed by atoms with Gasteiger partial charge in [-0.15, -0.1) is 0 Å². The molecular weight excluding hydrogens is 373 g/mol. The molecule has 4 nitrogen and oxygen atoms in total. The minimum absolute atomic E-state index is 0.0449. The van der Waals surface area contributed by atoms with E-state index < -0.39 is 17.7 Å². The van der Waals surface area contributed by atoms with Gasteiger partial charge >= 0.3 is 12.1 Å². The van der Waals surface area contributed by atoms with Crippen LogP contribution in [0.2, 0.25) is 0 Å². The van der Waals surface area contributed by atoms with E-state index >= 15 is 0 Å². The van der Waals surface area contributed by atoms with Crippen molar-refractivity contribution in [1.82, 2.24) is 4.37 Å². The molecule has 0 aliphatic heterocycles. The number of alkyl halides is 3. The number of aromatic carboxylic acids is 1. The van der Waals surface area contributed by atoms with Crippen LogP contribution in [-0.4, -0.2) is 15.4 Å². The third kappa shape index (κ3) is 3.35. The van der Waals surface area contributed by atoms with E-state index in [1.807, 2.05) is 0 Å². The number of carbonyl (C=O) groups is 1.